The maximum Gasteiger partial charge on any atom is 0.336 e. The van der Waals surface area contributed by atoms with Crippen LogP contribution in [0.3, 0.4) is 0 Å². The summed E-state index contributed by atoms with van der Waals surface area (Å²) in [4.78, 5) is 24.5. The number of aromatic nitrogens is 4. The Morgan fingerprint density at radius 2 is 1.80 bits per heavy atom. The molecule has 3 heterocycles. The molecule has 0 bridgehead atoms. The molecule has 0 unspecified atom stereocenters. The minimum absolute atomic E-state index is 0.174. The third-order valence-electron chi connectivity index (χ3n) is 5.73. The molecule has 9 heteroatoms. The second kappa shape index (κ2) is 8.07. The van der Waals surface area contributed by atoms with Crippen LogP contribution in [0.25, 0.3) is 38.9 Å². The van der Waals surface area contributed by atoms with Crippen LogP contribution in [-0.2, 0) is 0 Å². The first-order valence-electron chi connectivity index (χ1n) is 10.8. The third-order valence-corrected chi connectivity index (χ3v) is 5.73. The van der Waals surface area contributed by atoms with Gasteiger partial charge in [0, 0.05) is 28.8 Å². The molecule has 35 heavy (non-hydrogen) atoms. The van der Waals surface area contributed by atoms with Crippen LogP contribution in [0.1, 0.15) is 16.2 Å². The number of amides is 1. The van der Waals surface area contributed by atoms with E-state index >= 15 is 0 Å². The van der Waals surface area contributed by atoms with Gasteiger partial charge < -0.3 is 14.3 Å². The summed E-state index contributed by atoms with van der Waals surface area (Å²) in [7, 11) is 0. The van der Waals surface area contributed by atoms with Crippen LogP contribution in [0.5, 0.6) is 0 Å². The molecule has 6 rings (SSSR count). The van der Waals surface area contributed by atoms with Crippen molar-refractivity contribution in [3.8, 4) is 17.0 Å². The quantitative estimate of drug-likeness (QED) is 0.375. The number of carbonyl (C=O) groups is 1. The highest BCUT2D eigenvalue weighted by molar-refractivity contribution is 6.04. The van der Waals surface area contributed by atoms with E-state index < -0.39 is 11.5 Å². The van der Waals surface area contributed by atoms with E-state index in [1.807, 2.05) is 48.5 Å². The number of anilines is 1. The summed E-state index contributed by atoms with van der Waals surface area (Å²) in [5.74, 6) is 0.226. The van der Waals surface area contributed by atoms with Gasteiger partial charge in [-0.1, -0.05) is 40.7 Å². The lowest BCUT2D eigenvalue weighted by molar-refractivity contribution is 0.102. The van der Waals surface area contributed by atoms with Gasteiger partial charge in [-0.15, -0.1) is 5.10 Å². The van der Waals surface area contributed by atoms with Crippen LogP contribution >= 0.6 is 0 Å². The predicted molar refractivity (Wildman–Crippen MR) is 130 cm³/mol. The van der Waals surface area contributed by atoms with Crippen molar-refractivity contribution in [1.29, 1.82) is 0 Å². The molecule has 0 saturated carbocycles. The van der Waals surface area contributed by atoms with Gasteiger partial charge >= 0.3 is 5.63 Å². The van der Waals surface area contributed by atoms with Gasteiger partial charge in [0.25, 0.3) is 5.91 Å². The molecular formula is C26H17N5O4. The molecule has 6 aromatic rings. The van der Waals surface area contributed by atoms with Crippen molar-refractivity contribution < 1.29 is 13.7 Å². The molecular weight excluding hydrogens is 446 g/mol. The summed E-state index contributed by atoms with van der Waals surface area (Å²) in [5, 5.41) is 16.8. The van der Waals surface area contributed by atoms with Crippen LogP contribution in [0.4, 0.5) is 5.69 Å². The SMILES string of the molecule is Cc1c(C(=O)Nc2ccc3ccc(=O)oc3c2)nnn1-c1ccc2noc(-c3ccccc3)c2c1. The second-order valence-electron chi connectivity index (χ2n) is 7.98. The van der Waals surface area contributed by atoms with Gasteiger partial charge in [0.2, 0.25) is 0 Å². The molecule has 1 N–H and O–H groups in total. The van der Waals surface area contributed by atoms with Crippen LogP contribution in [-0.4, -0.2) is 26.1 Å². The molecule has 1 amide bonds. The average Bonchev–Trinajstić information content (AvgIpc) is 3.47. The molecule has 0 aliphatic rings. The van der Waals surface area contributed by atoms with E-state index in [0.29, 0.717) is 28.2 Å². The van der Waals surface area contributed by atoms with Crippen LogP contribution in [0, 0.1) is 6.92 Å². The van der Waals surface area contributed by atoms with Crippen LogP contribution < -0.4 is 10.9 Å². The molecule has 0 aliphatic carbocycles. The molecule has 3 aromatic carbocycles. The van der Waals surface area contributed by atoms with E-state index in [-0.39, 0.29) is 5.69 Å². The molecule has 0 saturated heterocycles. The number of nitrogens with zero attached hydrogens (tertiary/aromatic N) is 4. The van der Waals surface area contributed by atoms with Gasteiger partial charge in [0.1, 0.15) is 11.1 Å². The standard InChI is InChI=1S/C26H17N5O4/c1-15-24(26(33)27-18-9-7-16-8-12-23(32)34-22(16)13-18)28-30-31(15)19-10-11-21-20(14-19)25(35-29-21)17-5-3-2-4-6-17/h2-14H,1H3,(H,27,33). The molecule has 0 atom stereocenters. The van der Waals surface area contributed by atoms with E-state index in [2.05, 4.69) is 20.8 Å². The summed E-state index contributed by atoms with van der Waals surface area (Å²) in [6, 6.07) is 23.4. The Labute approximate surface area is 197 Å². The minimum atomic E-state index is -0.458. The Bertz CT molecular complexity index is 1780. The zero-order valence-corrected chi connectivity index (χ0v) is 18.4. The lowest BCUT2D eigenvalue weighted by atomic mass is 10.1. The van der Waals surface area contributed by atoms with Crippen molar-refractivity contribution in [2.75, 3.05) is 5.32 Å². The fourth-order valence-electron chi connectivity index (χ4n) is 3.97. The smallest absolute Gasteiger partial charge is 0.336 e. The Kier molecular flexibility index (Phi) is 4.74. The van der Waals surface area contributed by atoms with Crippen molar-refractivity contribution in [1.82, 2.24) is 20.2 Å². The Hall–Kier alpha value is -5.05. The van der Waals surface area contributed by atoms with Gasteiger partial charge in [-0.05, 0) is 43.3 Å². The molecule has 170 valence electrons. The Morgan fingerprint density at radius 3 is 2.66 bits per heavy atom. The van der Waals surface area contributed by atoms with E-state index in [9.17, 15) is 9.59 Å². The molecule has 0 fully saturated rings. The lowest BCUT2D eigenvalue weighted by Gasteiger charge is -2.06. The van der Waals surface area contributed by atoms with Crippen LogP contribution in [0.15, 0.2) is 92.6 Å². The second-order valence-corrected chi connectivity index (χ2v) is 7.98. The highest BCUT2D eigenvalue weighted by Crippen LogP contribution is 2.30. The number of hydrogen-bond donors (Lipinski definition) is 1. The number of rotatable bonds is 4. The molecule has 0 radical (unpaired) electrons. The van der Waals surface area contributed by atoms with Gasteiger partial charge in [0.15, 0.2) is 11.5 Å². The molecule has 0 spiro atoms. The van der Waals surface area contributed by atoms with Gasteiger partial charge in [-0.3, -0.25) is 4.79 Å². The van der Waals surface area contributed by atoms with Crippen molar-refractivity contribution in [3.63, 3.8) is 0 Å². The largest absolute Gasteiger partial charge is 0.423 e. The molecule has 9 nitrogen and oxygen atoms in total. The fourth-order valence-corrected chi connectivity index (χ4v) is 3.97. The van der Waals surface area contributed by atoms with Crippen LogP contribution in [0.2, 0.25) is 0 Å². The van der Waals surface area contributed by atoms with E-state index in [1.165, 1.54) is 6.07 Å². The van der Waals surface area contributed by atoms with Gasteiger partial charge in [0.05, 0.1) is 16.8 Å². The zero-order valence-electron chi connectivity index (χ0n) is 18.4. The number of benzene rings is 3. The zero-order chi connectivity index (χ0) is 23.9. The highest BCUT2D eigenvalue weighted by atomic mass is 16.5. The van der Waals surface area contributed by atoms with E-state index in [1.54, 1.807) is 35.9 Å². The van der Waals surface area contributed by atoms with Gasteiger partial charge in [-0.2, -0.15) is 0 Å². The first-order chi connectivity index (χ1) is 17.1. The summed E-state index contributed by atoms with van der Waals surface area (Å²) in [5.41, 5.74) is 3.48. The maximum absolute atomic E-state index is 12.9. The monoisotopic (exact) mass is 463 g/mol. The Morgan fingerprint density at radius 1 is 0.971 bits per heavy atom. The van der Waals surface area contributed by atoms with E-state index in [4.69, 9.17) is 8.94 Å². The summed E-state index contributed by atoms with van der Waals surface area (Å²) in [6.45, 7) is 1.77. The van der Waals surface area contributed by atoms with Crippen molar-refractivity contribution in [2.24, 2.45) is 0 Å². The van der Waals surface area contributed by atoms with Crippen molar-refractivity contribution in [3.05, 3.63) is 101 Å². The molecule has 3 aromatic heterocycles. The van der Waals surface area contributed by atoms with E-state index in [0.717, 1.165) is 22.0 Å². The number of carbonyl (C=O) groups excluding carboxylic acids is 1. The normalized spacial score (nSPS) is 11.2. The van der Waals surface area contributed by atoms with Crippen molar-refractivity contribution in [2.45, 2.75) is 6.92 Å². The van der Waals surface area contributed by atoms with Gasteiger partial charge in [-0.25, -0.2) is 9.48 Å². The Balaban J connectivity index is 1.32. The number of nitrogens with one attached hydrogen (secondary N) is 1. The highest BCUT2D eigenvalue weighted by Gasteiger charge is 2.19. The third kappa shape index (κ3) is 3.65. The maximum atomic E-state index is 12.9. The number of hydrogen-bond acceptors (Lipinski definition) is 7. The summed E-state index contributed by atoms with van der Waals surface area (Å²) >= 11 is 0. The summed E-state index contributed by atoms with van der Waals surface area (Å²) in [6.07, 6.45) is 0. The average molecular weight is 463 g/mol. The fraction of sp³-hybridized carbons (Fsp3) is 0.0385. The first kappa shape index (κ1) is 20.5. The predicted octanol–water partition coefficient (Wildman–Crippen LogP) is 4.74. The lowest BCUT2D eigenvalue weighted by Crippen LogP contribution is -2.14. The summed E-state index contributed by atoms with van der Waals surface area (Å²) < 4.78 is 12.4. The number of fused-ring (bicyclic) bond motifs is 2. The topological polar surface area (TPSA) is 116 Å². The minimum Gasteiger partial charge on any atom is -0.423 e. The first-order valence-corrected chi connectivity index (χ1v) is 10.8. The van der Waals surface area contributed by atoms with Crippen molar-refractivity contribution >= 4 is 33.5 Å². The molecule has 0 aliphatic heterocycles.